The molecule has 14 heavy (non-hydrogen) atoms. The van der Waals surface area contributed by atoms with Gasteiger partial charge in [0.25, 0.3) is 0 Å². The highest BCUT2D eigenvalue weighted by Gasteiger charge is 2.10. The molecule has 0 spiro atoms. The Morgan fingerprint density at radius 2 is 2.29 bits per heavy atom. The maximum absolute atomic E-state index is 5.89. The fourth-order valence-electron chi connectivity index (χ4n) is 1.37. The molecule has 0 bridgehead atoms. The Bertz CT molecular complexity index is 275. The van der Waals surface area contributed by atoms with E-state index >= 15 is 0 Å². The van der Waals surface area contributed by atoms with Crippen LogP contribution in [0.1, 0.15) is 25.5 Å². The van der Waals surface area contributed by atoms with Crippen molar-refractivity contribution in [1.82, 2.24) is 5.32 Å². The van der Waals surface area contributed by atoms with E-state index < -0.39 is 0 Å². The summed E-state index contributed by atoms with van der Waals surface area (Å²) in [6.07, 6.45) is 2.13. The molecule has 0 aliphatic rings. The summed E-state index contributed by atoms with van der Waals surface area (Å²) < 4.78 is 0.867. The van der Waals surface area contributed by atoms with E-state index in [0.717, 1.165) is 10.1 Å². The number of thiophene rings is 1. The summed E-state index contributed by atoms with van der Waals surface area (Å²) in [5, 5.41) is 5.65. The lowest BCUT2D eigenvalue weighted by Gasteiger charge is -2.18. The number of nitrogens with one attached hydrogen (secondary N) is 1. The van der Waals surface area contributed by atoms with Crippen LogP contribution in [0.5, 0.6) is 0 Å². The maximum atomic E-state index is 5.89. The zero-order valence-corrected chi connectivity index (χ0v) is 11.1. The number of rotatable bonds is 5. The Hall–Kier alpha value is 0.300. The van der Waals surface area contributed by atoms with E-state index in [1.807, 2.05) is 17.8 Å². The lowest BCUT2D eigenvalue weighted by molar-refractivity contribution is 0.512. The molecule has 1 N–H and O–H groups in total. The third-order valence-corrected chi connectivity index (χ3v) is 3.98. The first-order valence-electron chi connectivity index (χ1n) is 4.62. The van der Waals surface area contributed by atoms with Crippen LogP contribution < -0.4 is 5.32 Å². The van der Waals surface area contributed by atoms with Crippen molar-refractivity contribution in [2.24, 2.45) is 0 Å². The smallest absolute Gasteiger partial charge is 0.0931 e. The highest BCUT2D eigenvalue weighted by Crippen LogP contribution is 2.24. The molecule has 0 aliphatic carbocycles. The van der Waals surface area contributed by atoms with Gasteiger partial charge in [0, 0.05) is 17.8 Å². The Kier molecular flexibility index (Phi) is 5.31. The molecule has 2 atom stereocenters. The third kappa shape index (κ3) is 3.81. The lowest BCUT2D eigenvalue weighted by atomic mass is 10.1. The van der Waals surface area contributed by atoms with Crippen molar-refractivity contribution < 1.29 is 0 Å². The van der Waals surface area contributed by atoms with Crippen LogP contribution in [0, 0.1) is 0 Å². The molecule has 0 saturated heterocycles. The predicted octanol–water partition coefficient (Wildman–Crippen LogP) is 3.80. The Morgan fingerprint density at radius 3 is 2.79 bits per heavy atom. The quantitative estimate of drug-likeness (QED) is 0.852. The van der Waals surface area contributed by atoms with Gasteiger partial charge in [-0.2, -0.15) is 11.8 Å². The van der Waals surface area contributed by atoms with E-state index in [1.165, 1.54) is 5.56 Å². The Labute approximate surface area is 99.2 Å². The summed E-state index contributed by atoms with van der Waals surface area (Å²) in [4.78, 5) is 0. The number of halogens is 1. The van der Waals surface area contributed by atoms with Gasteiger partial charge in [-0.1, -0.05) is 11.6 Å². The van der Waals surface area contributed by atoms with Gasteiger partial charge in [0.1, 0.15) is 0 Å². The van der Waals surface area contributed by atoms with Gasteiger partial charge >= 0.3 is 0 Å². The second-order valence-corrected chi connectivity index (χ2v) is 5.88. The topological polar surface area (TPSA) is 12.0 Å². The van der Waals surface area contributed by atoms with Crippen LogP contribution in [-0.2, 0) is 0 Å². The minimum Gasteiger partial charge on any atom is -0.307 e. The van der Waals surface area contributed by atoms with Gasteiger partial charge in [-0.15, -0.1) is 11.3 Å². The standard InChI is InChI=1S/C10H16ClNS2/c1-7(5-13-3)12-8(2)9-4-10(11)14-6-9/h4,6-8,12H,5H2,1-3H3. The molecule has 1 heterocycles. The molecule has 0 aliphatic heterocycles. The van der Waals surface area contributed by atoms with Crippen molar-refractivity contribution in [2.75, 3.05) is 12.0 Å². The van der Waals surface area contributed by atoms with Crippen molar-refractivity contribution >= 4 is 34.7 Å². The van der Waals surface area contributed by atoms with Gasteiger partial charge in [0.15, 0.2) is 0 Å². The van der Waals surface area contributed by atoms with Gasteiger partial charge < -0.3 is 5.32 Å². The molecule has 1 aromatic heterocycles. The first-order chi connectivity index (χ1) is 6.63. The summed E-state index contributed by atoms with van der Waals surface area (Å²) >= 11 is 9.35. The van der Waals surface area contributed by atoms with Crippen LogP contribution in [0.4, 0.5) is 0 Å². The molecule has 0 amide bonds. The van der Waals surface area contributed by atoms with Crippen LogP contribution in [0.3, 0.4) is 0 Å². The van der Waals surface area contributed by atoms with Gasteiger partial charge in [0.2, 0.25) is 0 Å². The third-order valence-electron chi connectivity index (χ3n) is 2.04. The van der Waals surface area contributed by atoms with Crippen LogP contribution in [-0.4, -0.2) is 18.1 Å². The largest absolute Gasteiger partial charge is 0.307 e. The fourth-order valence-corrected chi connectivity index (χ4v) is 2.95. The van der Waals surface area contributed by atoms with Crippen LogP contribution in [0.25, 0.3) is 0 Å². The number of thioether (sulfide) groups is 1. The maximum Gasteiger partial charge on any atom is 0.0931 e. The summed E-state index contributed by atoms with van der Waals surface area (Å²) in [6, 6.07) is 2.97. The number of hydrogen-bond donors (Lipinski definition) is 1. The second kappa shape index (κ2) is 6.01. The van der Waals surface area contributed by atoms with Crippen molar-refractivity contribution in [1.29, 1.82) is 0 Å². The first kappa shape index (κ1) is 12.4. The molecule has 80 valence electrons. The highest BCUT2D eigenvalue weighted by atomic mass is 35.5. The van der Waals surface area contributed by atoms with E-state index in [9.17, 15) is 0 Å². The Morgan fingerprint density at radius 1 is 1.57 bits per heavy atom. The monoisotopic (exact) mass is 249 g/mol. The van der Waals surface area contributed by atoms with Crippen molar-refractivity contribution in [3.8, 4) is 0 Å². The normalized spacial score (nSPS) is 15.4. The van der Waals surface area contributed by atoms with E-state index in [4.69, 9.17) is 11.6 Å². The van der Waals surface area contributed by atoms with Crippen molar-refractivity contribution in [3.05, 3.63) is 21.3 Å². The van der Waals surface area contributed by atoms with E-state index in [1.54, 1.807) is 11.3 Å². The summed E-state index contributed by atoms with van der Waals surface area (Å²) in [5.41, 5.74) is 1.29. The summed E-state index contributed by atoms with van der Waals surface area (Å²) in [7, 11) is 0. The predicted molar refractivity (Wildman–Crippen MR) is 68.7 cm³/mol. The first-order valence-corrected chi connectivity index (χ1v) is 7.27. The van der Waals surface area contributed by atoms with Gasteiger partial charge in [-0.25, -0.2) is 0 Å². The SMILES string of the molecule is CSCC(C)NC(C)c1csc(Cl)c1. The average Bonchev–Trinajstić information content (AvgIpc) is 2.52. The van der Waals surface area contributed by atoms with Crippen molar-refractivity contribution in [3.63, 3.8) is 0 Å². The molecule has 1 aromatic rings. The molecule has 0 saturated carbocycles. The average molecular weight is 250 g/mol. The van der Waals surface area contributed by atoms with E-state index in [-0.39, 0.29) is 0 Å². The van der Waals surface area contributed by atoms with Crippen LogP contribution in [0.15, 0.2) is 11.4 Å². The molecule has 4 heteroatoms. The zero-order chi connectivity index (χ0) is 10.6. The second-order valence-electron chi connectivity index (χ2n) is 3.43. The van der Waals surface area contributed by atoms with Crippen LogP contribution >= 0.6 is 34.7 Å². The van der Waals surface area contributed by atoms with Gasteiger partial charge in [-0.05, 0) is 37.1 Å². The molecule has 0 radical (unpaired) electrons. The minimum absolute atomic E-state index is 0.390. The molecular weight excluding hydrogens is 234 g/mol. The summed E-state index contributed by atoms with van der Waals surface area (Å²) in [6.45, 7) is 4.39. The highest BCUT2D eigenvalue weighted by molar-refractivity contribution is 7.98. The van der Waals surface area contributed by atoms with E-state index in [2.05, 4.69) is 30.8 Å². The van der Waals surface area contributed by atoms with Gasteiger partial charge in [0.05, 0.1) is 4.34 Å². The molecular formula is C10H16ClNS2. The zero-order valence-electron chi connectivity index (χ0n) is 8.71. The number of hydrogen-bond acceptors (Lipinski definition) is 3. The van der Waals surface area contributed by atoms with Gasteiger partial charge in [-0.3, -0.25) is 0 Å². The molecule has 0 fully saturated rings. The molecule has 0 aromatic carbocycles. The van der Waals surface area contributed by atoms with E-state index in [0.29, 0.717) is 12.1 Å². The van der Waals surface area contributed by atoms with Crippen molar-refractivity contribution in [2.45, 2.75) is 25.9 Å². The minimum atomic E-state index is 0.390. The molecule has 1 nitrogen and oxygen atoms in total. The van der Waals surface area contributed by atoms with Crippen LogP contribution in [0.2, 0.25) is 4.34 Å². The fraction of sp³-hybridized carbons (Fsp3) is 0.600. The molecule has 1 rings (SSSR count). The Balaban J connectivity index is 2.45. The lowest BCUT2D eigenvalue weighted by Crippen LogP contribution is -2.30. The summed E-state index contributed by atoms with van der Waals surface area (Å²) in [5.74, 6) is 1.14. The molecule has 2 unspecified atom stereocenters.